The monoisotopic (exact) mass is 138 g/mol. The van der Waals surface area contributed by atoms with Crippen LogP contribution in [0.4, 0.5) is 0 Å². The van der Waals surface area contributed by atoms with E-state index >= 15 is 0 Å². The van der Waals surface area contributed by atoms with Crippen molar-refractivity contribution in [3.05, 3.63) is 23.8 Å². The minimum atomic E-state index is -0.194. The third kappa shape index (κ3) is 1.71. The fraction of sp³-hybridized carbons (Fsp3) is 0.556. The molecule has 0 bridgehead atoms. The van der Waals surface area contributed by atoms with Gasteiger partial charge in [0.15, 0.2) is 0 Å². The summed E-state index contributed by atoms with van der Waals surface area (Å²) in [7, 11) is 0. The second-order valence-electron chi connectivity index (χ2n) is 2.68. The Kier molecular flexibility index (Phi) is 2.69. The van der Waals surface area contributed by atoms with Crippen LogP contribution in [0.1, 0.15) is 26.2 Å². The van der Waals surface area contributed by atoms with Crippen LogP contribution < -0.4 is 0 Å². The normalized spacial score (nSPS) is 19.2. The van der Waals surface area contributed by atoms with Gasteiger partial charge in [0.25, 0.3) is 0 Å². The average molecular weight is 138 g/mol. The molecule has 56 valence electrons. The highest BCUT2D eigenvalue weighted by Gasteiger charge is 2.09. The molecule has 1 heteroatoms. The third-order valence-electron chi connectivity index (χ3n) is 1.79. The zero-order chi connectivity index (χ0) is 7.40. The van der Waals surface area contributed by atoms with E-state index in [1.807, 2.05) is 12.2 Å². The van der Waals surface area contributed by atoms with Gasteiger partial charge in [0.2, 0.25) is 0 Å². The Morgan fingerprint density at radius 3 is 3.00 bits per heavy atom. The molecule has 1 unspecified atom stereocenters. The lowest BCUT2D eigenvalue weighted by Crippen LogP contribution is -2.07. The van der Waals surface area contributed by atoms with Crippen LogP contribution in [0, 0.1) is 0 Å². The third-order valence-corrected chi connectivity index (χ3v) is 1.79. The minimum absolute atomic E-state index is 0.194. The van der Waals surface area contributed by atoms with Crippen LogP contribution in [0.5, 0.6) is 0 Å². The Morgan fingerprint density at radius 1 is 1.70 bits per heavy atom. The van der Waals surface area contributed by atoms with Gasteiger partial charge in [-0.1, -0.05) is 31.6 Å². The molecule has 0 saturated carbocycles. The van der Waals surface area contributed by atoms with E-state index in [0.29, 0.717) is 0 Å². The molecule has 0 aromatic rings. The first-order chi connectivity index (χ1) is 4.84. The maximum atomic E-state index is 9.44. The predicted octanol–water partition coefficient (Wildman–Crippen LogP) is 2.03. The van der Waals surface area contributed by atoms with Crippen molar-refractivity contribution in [1.82, 2.24) is 0 Å². The van der Waals surface area contributed by atoms with Crippen LogP contribution in [-0.2, 0) is 0 Å². The summed E-state index contributed by atoms with van der Waals surface area (Å²) in [4.78, 5) is 0. The van der Waals surface area contributed by atoms with E-state index in [2.05, 4.69) is 13.0 Å². The fourth-order valence-corrected chi connectivity index (χ4v) is 1.17. The van der Waals surface area contributed by atoms with Crippen LogP contribution in [0.2, 0.25) is 0 Å². The second kappa shape index (κ2) is 3.57. The lowest BCUT2D eigenvalue weighted by molar-refractivity contribution is 0.197. The zero-order valence-electron chi connectivity index (χ0n) is 6.38. The fourth-order valence-electron chi connectivity index (χ4n) is 1.17. The summed E-state index contributed by atoms with van der Waals surface area (Å²) in [5.74, 6) is 0. The Labute approximate surface area is 62.1 Å². The molecule has 0 spiro atoms. The van der Waals surface area contributed by atoms with Crippen LogP contribution in [-0.4, -0.2) is 11.2 Å². The van der Waals surface area contributed by atoms with Gasteiger partial charge in [0.05, 0.1) is 6.10 Å². The van der Waals surface area contributed by atoms with Crippen molar-refractivity contribution in [2.45, 2.75) is 32.3 Å². The molecule has 1 nitrogen and oxygen atoms in total. The van der Waals surface area contributed by atoms with Crippen molar-refractivity contribution >= 4 is 0 Å². The smallest absolute Gasteiger partial charge is 0.0756 e. The first-order valence-electron chi connectivity index (χ1n) is 3.88. The molecule has 10 heavy (non-hydrogen) atoms. The number of hydrogen-bond acceptors (Lipinski definition) is 1. The van der Waals surface area contributed by atoms with Crippen molar-refractivity contribution in [3.63, 3.8) is 0 Å². The van der Waals surface area contributed by atoms with Gasteiger partial charge < -0.3 is 5.11 Å². The molecule has 1 N–H and O–H groups in total. The van der Waals surface area contributed by atoms with Crippen molar-refractivity contribution in [1.29, 1.82) is 0 Å². The van der Waals surface area contributed by atoms with Crippen molar-refractivity contribution in [2.75, 3.05) is 0 Å². The average Bonchev–Trinajstić information content (AvgIpc) is 2.38. The van der Waals surface area contributed by atoms with Gasteiger partial charge in [-0.05, 0) is 18.4 Å². The number of allylic oxidation sites excluding steroid dienone is 3. The van der Waals surface area contributed by atoms with Crippen LogP contribution in [0.25, 0.3) is 0 Å². The van der Waals surface area contributed by atoms with Gasteiger partial charge in [0.1, 0.15) is 0 Å². The quantitative estimate of drug-likeness (QED) is 0.632. The molecule has 0 aliphatic heterocycles. The number of hydrogen-bond donors (Lipinski definition) is 1. The summed E-state index contributed by atoms with van der Waals surface area (Å²) in [5, 5.41) is 9.44. The highest BCUT2D eigenvalue weighted by molar-refractivity contribution is 5.25. The molecule has 0 fully saturated rings. The molecule has 1 rings (SSSR count). The van der Waals surface area contributed by atoms with Gasteiger partial charge >= 0.3 is 0 Å². The highest BCUT2D eigenvalue weighted by atomic mass is 16.3. The molecular formula is C9H14O. The Morgan fingerprint density at radius 2 is 2.50 bits per heavy atom. The van der Waals surface area contributed by atoms with E-state index < -0.39 is 0 Å². The Bertz CT molecular complexity index is 156. The van der Waals surface area contributed by atoms with Crippen molar-refractivity contribution < 1.29 is 5.11 Å². The first kappa shape index (κ1) is 7.55. The summed E-state index contributed by atoms with van der Waals surface area (Å²) in [6.07, 6.45) is 8.80. The summed E-state index contributed by atoms with van der Waals surface area (Å²) in [6, 6.07) is 0. The maximum absolute atomic E-state index is 9.44. The van der Waals surface area contributed by atoms with Crippen molar-refractivity contribution in [3.8, 4) is 0 Å². The summed E-state index contributed by atoms with van der Waals surface area (Å²) in [5.41, 5.74) is 1.17. The molecule has 1 atom stereocenters. The molecule has 1 aliphatic rings. The van der Waals surface area contributed by atoms with E-state index in [1.165, 1.54) is 5.57 Å². The lowest BCUT2D eigenvalue weighted by atomic mass is 10.1. The summed E-state index contributed by atoms with van der Waals surface area (Å²) in [6.45, 7) is 2.09. The zero-order valence-corrected chi connectivity index (χ0v) is 6.38. The SMILES string of the molecule is CCCC(O)C1=CC=CC1. The number of aliphatic hydroxyl groups is 1. The molecule has 0 aromatic carbocycles. The molecular weight excluding hydrogens is 124 g/mol. The van der Waals surface area contributed by atoms with Crippen LogP contribution in [0.15, 0.2) is 23.8 Å². The van der Waals surface area contributed by atoms with E-state index in [4.69, 9.17) is 0 Å². The predicted molar refractivity (Wildman–Crippen MR) is 42.8 cm³/mol. The van der Waals surface area contributed by atoms with Gasteiger partial charge in [-0.15, -0.1) is 0 Å². The summed E-state index contributed by atoms with van der Waals surface area (Å²) >= 11 is 0. The van der Waals surface area contributed by atoms with Crippen molar-refractivity contribution in [2.24, 2.45) is 0 Å². The Hall–Kier alpha value is -0.560. The van der Waals surface area contributed by atoms with E-state index in [0.717, 1.165) is 19.3 Å². The van der Waals surface area contributed by atoms with E-state index in [1.54, 1.807) is 0 Å². The van der Waals surface area contributed by atoms with Gasteiger partial charge in [-0.25, -0.2) is 0 Å². The van der Waals surface area contributed by atoms with Gasteiger partial charge in [-0.2, -0.15) is 0 Å². The highest BCUT2D eigenvalue weighted by Crippen LogP contribution is 2.17. The van der Waals surface area contributed by atoms with E-state index in [9.17, 15) is 5.11 Å². The number of rotatable bonds is 3. The summed E-state index contributed by atoms with van der Waals surface area (Å²) < 4.78 is 0. The van der Waals surface area contributed by atoms with Gasteiger partial charge in [0, 0.05) is 0 Å². The van der Waals surface area contributed by atoms with Crippen LogP contribution >= 0.6 is 0 Å². The molecule has 0 saturated heterocycles. The Balaban J connectivity index is 2.35. The second-order valence-corrected chi connectivity index (χ2v) is 2.68. The molecule has 1 aliphatic carbocycles. The topological polar surface area (TPSA) is 20.2 Å². The van der Waals surface area contributed by atoms with Crippen LogP contribution in [0.3, 0.4) is 0 Å². The number of aliphatic hydroxyl groups excluding tert-OH is 1. The van der Waals surface area contributed by atoms with E-state index in [-0.39, 0.29) is 6.10 Å². The van der Waals surface area contributed by atoms with Gasteiger partial charge in [-0.3, -0.25) is 0 Å². The molecule has 0 aromatic heterocycles. The molecule has 0 radical (unpaired) electrons. The first-order valence-corrected chi connectivity index (χ1v) is 3.88. The lowest BCUT2D eigenvalue weighted by Gasteiger charge is -2.09. The molecule has 0 amide bonds. The maximum Gasteiger partial charge on any atom is 0.0756 e. The minimum Gasteiger partial charge on any atom is -0.389 e. The molecule has 0 heterocycles. The standard InChI is InChI=1S/C9H14O/c1-2-5-9(10)8-6-3-4-7-8/h3-4,6,9-10H,2,5,7H2,1H3. The largest absolute Gasteiger partial charge is 0.389 e.